The lowest BCUT2D eigenvalue weighted by Gasteiger charge is -2.27. The number of ether oxygens (including phenoxy) is 2. The molecule has 6 nitrogen and oxygen atoms in total. The minimum absolute atomic E-state index is 0. The molecular formula is C15H24IN3O3S. The summed E-state index contributed by atoms with van der Waals surface area (Å²) in [6, 6.07) is 5.64. The molecule has 1 aliphatic rings. The number of hydrogen-bond donors (Lipinski definition) is 2. The van der Waals surface area contributed by atoms with Gasteiger partial charge in [0.2, 0.25) is 0 Å². The molecule has 0 unspecified atom stereocenters. The van der Waals surface area contributed by atoms with Gasteiger partial charge < -0.3 is 25.2 Å². The molecule has 1 fully saturated rings. The summed E-state index contributed by atoms with van der Waals surface area (Å²) >= 11 is 1.94. The molecule has 0 atom stereocenters. The zero-order valence-corrected chi connectivity index (χ0v) is 16.4. The van der Waals surface area contributed by atoms with Crippen molar-refractivity contribution in [3.63, 3.8) is 0 Å². The van der Waals surface area contributed by atoms with Crippen LogP contribution in [0.15, 0.2) is 23.2 Å². The van der Waals surface area contributed by atoms with Gasteiger partial charge in [-0.1, -0.05) is 6.07 Å². The fourth-order valence-electron chi connectivity index (χ4n) is 2.15. The van der Waals surface area contributed by atoms with Gasteiger partial charge in [0.05, 0.1) is 20.3 Å². The topological polar surface area (TPSA) is 80.3 Å². The van der Waals surface area contributed by atoms with E-state index in [9.17, 15) is 0 Å². The molecule has 1 aromatic carbocycles. The zero-order chi connectivity index (χ0) is 15.8. The van der Waals surface area contributed by atoms with E-state index in [0.29, 0.717) is 24.0 Å². The van der Waals surface area contributed by atoms with Gasteiger partial charge in [0.15, 0.2) is 17.5 Å². The standard InChI is InChI=1S/C15H23N3O3S.HI/c1-20-14-10-12(2-3-13(14)21-7-6-19)11-17-15(16)18-4-8-22-9-5-18;/h2-3,10,19H,4-9,11H2,1H3,(H2,16,17);1H. The Morgan fingerprint density at radius 3 is 2.74 bits per heavy atom. The van der Waals surface area contributed by atoms with Gasteiger partial charge in [0, 0.05) is 24.6 Å². The minimum Gasteiger partial charge on any atom is -0.493 e. The first-order chi connectivity index (χ1) is 10.7. The molecule has 130 valence electrons. The molecule has 8 heteroatoms. The molecule has 1 aromatic rings. The maximum absolute atomic E-state index is 8.81. The summed E-state index contributed by atoms with van der Waals surface area (Å²) in [5.74, 6) is 4.04. The average molecular weight is 453 g/mol. The second-order valence-corrected chi connectivity index (χ2v) is 6.06. The van der Waals surface area contributed by atoms with E-state index in [4.69, 9.17) is 20.3 Å². The third-order valence-corrected chi connectivity index (χ3v) is 4.28. The molecule has 23 heavy (non-hydrogen) atoms. The lowest BCUT2D eigenvalue weighted by Crippen LogP contribution is -2.42. The van der Waals surface area contributed by atoms with Gasteiger partial charge in [-0.3, -0.25) is 0 Å². The quantitative estimate of drug-likeness (QED) is 0.387. The first kappa shape index (κ1) is 20.2. The zero-order valence-electron chi connectivity index (χ0n) is 13.2. The Kier molecular flexibility index (Phi) is 9.49. The summed E-state index contributed by atoms with van der Waals surface area (Å²) in [6.07, 6.45) is 0. The smallest absolute Gasteiger partial charge is 0.191 e. The predicted molar refractivity (Wildman–Crippen MR) is 105 cm³/mol. The van der Waals surface area contributed by atoms with Gasteiger partial charge in [-0.15, -0.1) is 24.0 Å². The number of hydrogen-bond acceptors (Lipinski definition) is 5. The first-order valence-electron chi connectivity index (χ1n) is 7.27. The van der Waals surface area contributed by atoms with E-state index >= 15 is 0 Å². The van der Waals surface area contributed by atoms with Crippen molar-refractivity contribution < 1.29 is 14.6 Å². The van der Waals surface area contributed by atoms with Crippen LogP contribution in [0.25, 0.3) is 0 Å². The normalized spacial score (nSPS) is 15.0. The lowest BCUT2D eigenvalue weighted by atomic mass is 10.2. The number of nitrogens with zero attached hydrogens (tertiary/aromatic N) is 2. The van der Waals surface area contributed by atoms with Crippen molar-refractivity contribution in [1.82, 2.24) is 4.90 Å². The van der Waals surface area contributed by atoms with Crippen LogP contribution < -0.4 is 15.2 Å². The third kappa shape index (κ3) is 6.27. The number of methoxy groups -OCH3 is 1. The molecule has 0 radical (unpaired) electrons. The number of nitrogens with two attached hydrogens (primary N) is 1. The van der Waals surface area contributed by atoms with Gasteiger partial charge in [-0.25, -0.2) is 4.99 Å². The van der Waals surface area contributed by atoms with E-state index < -0.39 is 0 Å². The van der Waals surface area contributed by atoms with Crippen molar-refractivity contribution in [3.8, 4) is 11.5 Å². The van der Waals surface area contributed by atoms with Crippen LogP contribution in [0.2, 0.25) is 0 Å². The monoisotopic (exact) mass is 453 g/mol. The summed E-state index contributed by atoms with van der Waals surface area (Å²) in [6.45, 7) is 2.63. The average Bonchev–Trinajstić information content (AvgIpc) is 2.58. The van der Waals surface area contributed by atoms with E-state index in [1.54, 1.807) is 7.11 Å². The predicted octanol–water partition coefficient (Wildman–Crippen LogP) is 1.55. The largest absolute Gasteiger partial charge is 0.493 e. The summed E-state index contributed by atoms with van der Waals surface area (Å²) in [7, 11) is 1.59. The Morgan fingerprint density at radius 2 is 2.09 bits per heavy atom. The number of guanidine groups is 1. The summed E-state index contributed by atoms with van der Waals surface area (Å²) < 4.78 is 10.7. The number of thioether (sulfide) groups is 1. The van der Waals surface area contributed by atoms with Crippen molar-refractivity contribution in [3.05, 3.63) is 23.8 Å². The molecule has 2 rings (SSSR count). The molecule has 0 spiro atoms. The van der Waals surface area contributed by atoms with Gasteiger partial charge in [0.1, 0.15) is 6.61 Å². The maximum atomic E-state index is 8.81. The molecular weight excluding hydrogens is 429 g/mol. The van der Waals surface area contributed by atoms with Crippen molar-refractivity contribution >= 4 is 41.7 Å². The number of aliphatic hydroxyl groups excluding tert-OH is 1. The highest BCUT2D eigenvalue weighted by Crippen LogP contribution is 2.28. The third-order valence-electron chi connectivity index (χ3n) is 3.34. The number of halogens is 1. The number of aliphatic hydroxyl groups is 1. The highest BCUT2D eigenvalue weighted by molar-refractivity contribution is 14.0. The lowest BCUT2D eigenvalue weighted by molar-refractivity contribution is 0.196. The van der Waals surface area contributed by atoms with Crippen LogP contribution >= 0.6 is 35.7 Å². The highest BCUT2D eigenvalue weighted by atomic mass is 127. The van der Waals surface area contributed by atoms with E-state index in [-0.39, 0.29) is 37.2 Å². The molecule has 0 bridgehead atoms. The Balaban J connectivity index is 0.00000264. The second kappa shape index (κ2) is 10.8. The van der Waals surface area contributed by atoms with Crippen LogP contribution in [0.3, 0.4) is 0 Å². The number of rotatable bonds is 6. The molecule has 3 N–H and O–H groups in total. The molecule has 0 amide bonds. The van der Waals surface area contributed by atoms with Crippen LogP contribution in [-0.4, -0.2) is 60.9 Å². The summed E-state index contributed by atoms with van der Waals surface area (Å²) in [5.41, 5.74) is 7.05. The van der Waals surface area contributed by atoms with E-state index in [1.807, 2.05) is 30.0 Å². The maximum Gasteiger partial charge on any atom is 0.191 e. The van der Waals surface area contributed by atoms with Crippen LogP contribution in [0.1, 0.15) is 5.56 Å². The molecule has 1 aliphatic heterocycles. The van der Waals surface area contributed by atoms with Crippen molar-refractivity contribution in [2.45, 2.75) is 6.54 Å². The Morgan fingerprint density at radius 1 is 1.35 bits per heavy atom. The Labute approximate surface area is 158 Å². The van der Waals surface area contributed by atoms with Crippen LogP contribution in [0, 0.1) is 0 Å². The van der Waals surface area contributed by atoms with Gasteiger partial charge in [-0.05, 0) is 17.7 Å². The van der Waals surface area contributed by atoms with Crippen LogP contribution in [-0.2, 0) is 6.54 Å². The van der Waals surface area contributed by atoms with Crippen molar-refractivity contribution in [2.75, 3.05) is 44.9 Å². The summed E-state index contributed by atoms with van der Waals surface area (Å²) in [5, 5.41) is 8.81. The van der Waals surface area contributed by atoms with Crippen molar-refractivity contribution in [2.24, 2.45) is 10.7 Å². The van der Waals surface area contributed by atoms with Gasteiger partial charge in [-0.2, -0.15) is 11.8 Å². The fraction of sp³-hybridized carbons (Fsp3) is 0.533. The van der Waals surface area contributed by atoms with E-state index in [2.05, 4.69) is 9.89 Å². The first-order valence-corrected chi connectivity index (χ1v) is 8.43. The highest BCUT2D eigenvalue weighted by Gasteiger charge is 2.12. The van der Waals surface area contributed by atoms with E-state index in [0.717, 1.165) is 30.2 Å². The van der Waals surface area contributed by atoms with Crippen molar-refractivity contribution in [1.29, 1.82) is 0 Å². The fourth-order valence-corrected chi connectivity index (χ4v) is 3.05. The van der Waals surface area contributed by atoms with Crippen LogP contribution in [0.4, 0.5) is 0 Å². The minimum atomic E-state index is -0.0279. The Bertz CT molecular complexity index is 511. The van der Waals surface area contributed by atoms with E-state index in [1.165, 1.54) is 0 Å². The molecule has 0 saturated carbocycles. The molecule has 1 heterocycles. The number of benzene rings is 1. The second-order valence-electron chi connectivity index (χ2n) is 4.83. The van der Waals surface area contributed by atoms with Crippen LogP contribution in [0.5, 0.6) is 11.5 Å². The SMILES string of the molecule is COc1cc(CN=C(N)N2CCSCC2)ccc1OCCO.I. The summed E-state index contributed by atoms with van der Waals surface area (Å²) in [4.78, 5) is 6.58. The molecule has 0 aromatic heterocycles. The Hall–Kier alpha value is -0.870. The molecule has 0 aliphatic carbocycles. The number of aliphatic imine (C=N–C) groups is 1. The molecule has 1 saturated heterocycles. The van der Waals surface area contributed by atoms with Gasteiger partial charge in [0.25, 0.3) is 0 Å². The van der Waals surface area contributed by atoms with Gasteiger partial charge >= 0.3 is 0 Å².